The maximum absolute atomic E-state index is 12.5. The number of rotatable bonds is 5. The molecule has 0 saturated carbocycles. The molecule has 2 aromatic carbocycles. The van der Waals surface area contributed by atoms with Gasteiger partial charge in [-0.2, -0.15) is 5.26 Å². The number of carbonyl (C=O) groups is 1. The van der Waals surface area contributed by atoms with Crippen molar-refractivity contribution >= 4 is 28.8 Å². The number of nitrogens with one attached hydrogen (secondary N) is 2. The van der Waals surface area contributed by atoms with E-state index in [1.54, 1.807) is 30.3 Å². The van der Waals surface area contributed by atoms with Gasteiger partial charge in [-0.15, -0.1) is 0 Å². The fourth-order valence-corrected chi connectivity index (χ4v) is 3.30. The summed E-state index contributed by atoms with van der Waals surface area (Å²) in [5.41, 5.74) is 3.15. The number of benzene rings is 2. The van der Waals surface area contributed by atoms with Gasteiger partial charge in [0.05, 0.1) is 11.3 Å². The van der Waals surface area contributed by atoms with Crippen LogP contribution in [0, 0.1) is 11.3 Å². The van der Waals surface area contributed by atoms with Crippen LogP contribution in [0.2, 0.25) is 0 Å². The Labute approximate surface area is 169 Å². The van der Waals surface area contributed by atoms with Crippen molar-refractivity contribution in [2.45, 2.75) is 12.8 Å². The number of hydrogen-bond donors (Lipinski definition) is 2. The van der Waals surface area contributed by atoms with E-state index in [1.807, 2.05) is 12.1 Å². The molecular weight excluding hydrogens is 364 g/mol. The molecule has 0 bridgehead atoms. The van der Waals surface area contributed by atoms with Crippen molar-refractivity contribution in [2.24, 2.45) is 0 Å². The van der Waals surface area contributed by atoms with Crippen LogP contribution >= 0.6 is 0 Å². The van der Waals surface area contributed by atoms with Gasteiger partial charge in [0.25, 0.3) is 5.91 Å². The second-order valence-corrected chi connectivity index (χ2v) is 6.77. The molecule has 7 heteroatoms. The Balaban J connectivity index is 1.45. The average Bonchev–Trinajstić information content (AvgIpc) is 3.30. The molecule has 0 spiro atoms. The molecule has 4 rings (SSSR count). The normalized spacial score (nSPS) is 13.0. The third kappa shape index (κ3) is 4.33. The van der Waals surface area contributed by atoms with Crippen molar-refractivity contribution in [1.29, 1.82) is 5.26 Å². The van der Waals surface area contributed by atoms with Crippen LogP contribution in [0.5, 0.6) is 0 Å². The lowest BCUT2D eigenvalue weighted by Crippen LogP contribution is -2.17. The lowest BCUT2D eigenvalue weighted by atomic mass is 10.2. The molecular formula is C22H20N6O. The number of para-hydroxylation sites is 1. The number of amides is 1. The second-order valence-electron chi connectivity index (χ2n) is 6.77. The summed E-state index contributed by atoms with van der Waals surface area (Å²) < 4.78 is 0. The van der Waals surface area contributed by atoms with E-state index in [-0.39, 0.29) is 5.69 Å². The van der Waals surface area contributed by atoms with Crippen LogP contribution < -0.4 is 15.5 Å². The zero-order valence-electron chi connectivity index (χ0n) is 15.8. The van der Waals surface area contributed by atoms with E-state index in [0.717, 1.165) is 18.8 Å². The lowest BCUT2D eigenvalue weighted by molar-refractivity contribution is 0.102. The summed E-state index contributed by atoms with van der Waals surface area (Å²) in [4.78, 5) is 23.1. The van der Waals surface area contributed by atoms with Gasteiger partial charge in [-0.3, -0.25) is 4.79 Å². The molecule has 7 nitrogen and oxygen atoms in total. The highest BCUT2D eigenvalue weighted by Crippen LogP contribution is 2.23. The highest BCUT2D eigenvalue weighted by Gasteiger charge is 2.13. The smallest absolute Gasteiger partial charge is 0.274 e. The van der Waals surface area contributed by atoms with Crippen molar-refractivity contribution in [2.75, 3.05) is 28.6 Å². The number of carbonyl (C=O) groups excluding carboxylic acids is 1. The van der Waals surface area contributed by atoms with Crippen molar-refractivity contribution in [3.8, 4) is 6.07 Å². The Morgan fingerprint density at radius 3 is 2.55 bits per heavy atom. The second kappa shape index (κ2) is 8.40. The van der Waals surface area contributed by atoms with Gasteiger partial charge in [0.15, 0.2) is 0 Å². The van der Waals surface area contributed by atoms with Gasteiger partial charge >= 0.3 is 0 Å². The van der Waals surface area contributed by atoms with Crippen LogP contribution in [0.3, 0.4) is 0 Å². The van der Waals surface area contributed by atoms with Crippen LogP contribution in [-0.2, 0) is 0 Å². The van der Waals surface area contributed by atoms with E-state index < -0.39 is 5.91 Å². The summed E-state index contributed by atoms with van der Waals surface area (Å²) in [6, 6.07) is 18.6. The Morgan fingerprint density at radius 2 is 1.79 bits per heavy atom. The molecule has 1 fully saturated rings. The molecule has 1 aliphatic rings. The average molecular weight is 384 g/mol. The summed E-state index contributed by atoms with van der Waals surface area (Å²) in [6.07, 6.45) is 3.82. The monoisotopic (exact) mass is 384 g/mol. The minimum absolute atomic E-state index is 0.212. The van der Waals surface area contributed by atoms with E-state index >= 15 is 0 Å². The van der Waals surface area contributed by atoms with E-state index in [1.165, 1.54) is 24.9 Å². The molecule has 1 amide bonds. The predicted molar refractivity (Wildman–Crippen MR) is 112 cm³/mol. The van der Waals surface area contributed by atoms with Crippen molar-refractivity contribution in [3.05, 3.63) is 72.2 Å². The highest BCUT2D eigenvalue weighted by atomic mass is 16.1. The molecule has 3 aromatic rings. The van der Waals surface area contributed by atoms with Crippen LogP contribution in [0.1, 0.15) is 28.9 Å². The quantitative estimate of drug-likeness (QED) is 0.692. The summed E-state index contributed by atoms with van der Waals surface area (Å²) in [7, 11) is 0. The summed E-state index contributed by atoms with van der Waals surface area (Å²) in [5.74, 6) is 0.121. The summed E-state index contributed by atoms with van der Waals surface area (Å²) >= 11 is 0. The number of anilines is 4. The third-order valence-electron chi connectivity index (χ3n) is 4.81. The molecule has 2 N–H and O–H groups in total. The Bertz CT molecular complexity index is 1050. The molecule has 0 radical (unpaired) electrons. The summed E-state index contributed by atoms with van der Waals surface area (Å²) in [6.45, 7) is 2.21. The minimum Gasteiger partial charge on any atom is -0.372 e. The first-order valence-corrected chi connectivity index (χ1v) is 9.47. The largest absolute Gasteiger partial charge is 0.372 e. The molecule has 0 aliphatic carbocycles. The summed E-state index contributed by atoms with van der Waals surface area (Å²) in [5, 5.41) is 15.1. The number of aromatic nitrogens is 2. The molecule has 0 atom stereocenters. The fraction of sp³-hybridized carbons (Fsp3) is 0.182. The zero-order chi connectivity index (χ0) is 20.1. The number of hydrogen-bond acceptors (Lipinski definition) is 6. The van der Waals surface area contributed by atoms with Gasteiger partial charge in [-0.1, -0.05) is 12.1 Å². The maximum Gasteiger partial charge on any atom is 0.274 e. The standard InChI is InChI=1S/C22H20N6O/c23-14-16-5-1-2-6-19(16)27-22(29)20-13-21(25-15-24-20)26-17-7-9-18(10-8-17)28-11-3-4-12-28/h1-2,5-10,13,15H,3-4,11-12H2,(H,27,29)(H,24,25,26). The lowest BCUT2D eigenvalue weighted by Gasteiger charge is -2.17. The fourth-order valence-electron chi connectivity index (χ4n) is 3.30. The maximum atomic E-state index is 12.5. The Hall–Kier alpha value is -3.92. The van der Waals surface area contributed by atoms with Crippen LogP contribution in [0.4, 0.5) is 22.9 Å². The van der Waals surface area contributed by atoms with E-state index in [4.69, 9.17) is 5.26 Å². The van der Waals surface area contributed by atoms with Gasteiger partial charge in [-0.05, 0) is 49.2 Å². The molecule has 29 heavy (non-hydrogen) atoms. The minimum atomic E-state index is -0.400. The zero-order valence-corrected chi connectivity index (χ0v) is 15.8. The van der Waals surface area contributed by atoms with Gasteiger partial charge < -0.3 is 15.5 Å². The first-order valence-electron chi connectivity index (χ1n) is 9.47. The Kier molecular flexibility index (Phi) is 5.34. The molecule has 144 valence electrons. The Morgan fingerprint density at radius 1 is 1.03 bits per heavy atom. The third-order valence-corrected chi connectivity index (χ3v) is 4.81. The SMILES string of the molecule is N#Cc1ccccc1NC(=O)c1cc(Nc2ccc(N3CCCC3)cc2)ncn1. The van der Waals surface area contributed by atoms with Crippen molar-refractivity contribution in [1.82, 2.24) is 9.97 Å². The molecule has 1 aliphatic heterocycles. The van der Waals surface area contributed by atoms with Crippen LogP contribution in [-0.4, -0.2) is 29.0 Å². The van der Waals surface area contributed by atoms with Gasteiger partial charge in [0.1, 0.15) is 23.9 Å². The van der Waals surface area contributed by atoms with Crippen molar-refractivity contribution < 1.29 is 4.79 Å². The van der Waals surface area contributed by atoms with Crippen LogP contribution in [0.25, 0.3) is 0 Å². The topological polar surface area (TPSA) is 93.9 Å². The van der Waals surface area contributed by atoms with Gasteiger partial charge in [0.2, 0.25) is 0 Å². The van der Waals surface area contributed by atoms with E-state index in [2.05, 4.69) is 43.7 Å². The highest BCUT2D eigenvalue weighted by molar-refractivity contribution is 6.03. The first-order chi connectivity index (χ1) is 14.2. The van der Waals surface area contributed by atoms with Gasteiger partial charge in [-0.25, -0.2) is 9.97 Å². The van der Waals surface area contributed by atoms with E-state index in [9.17, 15) is 4.79 Å². The van der Waals surface area contributed by atoms with Crippen molar-refractivity contribution in [3.63, 3.8) is 0 Å². The molecule has 1 aromatic heterocycles. The van der Waals surface area contributed by atoms with Gasteiger partial charge in [0, 0.05) is 30.5 Å². The van der Waals surface area contributed by atoms with Crippen LogP contribution in [0.15, 0.2) is 60.9 Å². The molecule has 2 heterocycles. The predicted octanol–water partition coefficient (Wildman–Crippen LogP) is 3.94. The molecule has 1 saturated heterocycles. The molecule has 0 unspecified atom stereocenters. The van der Waals surface area contributed by atoms with E-state index in [0.29, 0.717) is 17.1 Å². The number of nitriles is 1. The number of nitrogens with zero attached hydrogens (tertiary/aromatic N) is 4. The first kappa shape index (κ1) is 18.4.